The fourth-order valence-corrected chi connectivity index (χ4v) is 6.96. The number of fused-ring (bicyclic) bond motifs is 1. The van der Waals surface area contributed by atoms with E-state index in [1.165, 1.54) is 18.7 Å². The zero-order chi connectivity index (χ0) is 28.9. The van der Waals surface area contributed by atoms with E-state index in [4.69, 9.17) is 4.74 Å². The number of benzene rings is 1. The average Bonchev–Trinajstić information content (AvgIpc) is 3.43. The Morgan fingerprint density at radius 1 is 1.10 bits per heavy atom. The van der Waals surface area contributed by atoms with E-state index in [-0.39, 0.29) is 48.2 Å². The van der Waals surface area contributed by atoms with E-state index in [1.54, 1.807) is 24.5 Å². The van der Waals surface area contributed by atoms with Gasteiger partial charge in [-0.1, -0.05) is 6.07 Å². The van der Waals surface area contributed by atoms with E-state index in [1.807, 2.05) is 35.8 Å². The number of pyridine rings is 1. The van der Waals surface area contributed by atoms with Crippen LogP contribution in [0.3, 0.4) is 0 Å². The Bertz CT molecular complexity index is 1200. The molecule has 0 bridgehead atoms. The van der Waals surface area contributed by atoms with Gasteiger partial charge in [-0.05, 0) is 81.7 Å². The van der Waals surface area contributed by atoms with Gasteiger partial charge in [0.15, 0.2) is 0 Å². The minimum atomic E-state index is -0.375. The lowest BCUT2D eigenvalue weighted by atomic mass is 9.74. The summed E-state index contributed by atoms with van der Waals surface area (Å²) in [5.41, 5.74) is 8.49. The van der Waals surface area contributed by atoms with E-state index in [0.717, 1.165) is 19.3 Å². The summed E-state index contributed by atoms with van der Waals surface area (Å²) in [5.74, 6) is 0.475. The molecule has 3 N–H and O–H groups in total. The molecule has 2 saturated heterocycles. The van der Waals surface area contributed by atoms with Crippen molar-refractivity contribution >= 4 is 11.8 Å². The number of halogens is 1. The number of hydrogen-bond acceptors (Lipinski definition) is 7. The van der Waals surface area contributed by atoms with Crippen molar-refractivity contribution < 1.29 is 18.7 Å². The molecule has 9 nitrogen and oxygen atoms in total. The first kappa shape index (κ1) is 29.4. The normalized spacial score (nSPS) is 28.1. The number of likely N-dealkylation sites (N-methyl/N-ethyl adjacent to an activating group) is 1. The third kappa shape index (κ3) is 6.39. The Kier molecular flexibility index (Phi) is 9.52. The lowest BCUT2D eigenvalue weighted by Crippen LogP contribution is -2.57. The van der Waals surface area contributed by atoms with Crippen LogP contribution in [0, 0.1) is 17.7 Å². The lowest BCUT2D eigenvalue weighted by Gasteiger charge is -2.41. The molecule has 0 radical (unpaired) electrons. The molecule has 41 heavy (non-hydrogen) atoms. The van der Waals surface area contributed by atoms with Crippen LogP contribution in [0.1, 0.15) is 63.1 Å². The maximum atomic E-state index is 14.9. The number of carbonyl (C=O) groups excluding carboxylic acids is 2. The first-order valence-corrected chi connectivity index (χ1v) is 15.0. The summed E-state index contributed by atoms with van der Waals surface area (Å²) < 4.78 is 20.4. The highest BCUT2D eigenvalue weighted by molar-refractivity contribution is 5.82. The smallest absolute Gasteiger partial charge is 0.239 e. The second kappa shape index (κ2) is 13.3. The van der Waals surface area contributed by atoms with Crippen LogP contribution in [0.25, 0.3) is 0 Å². The second-order valence-electron chi connectivity index (χ2n) is 11.5. The number of hydrazine groups is 1. The second-order valence-corrected chi connectivity index (χ2v) is 11.5. The van der Waals surface area contributed by atoms with Crippen molar-refractivity contribution in [2.45, 2.75) is 76.7 Å². The SMILES string of the molecule is CCN(CC)C(=O)[C@@H]1CC[C@@H](NC(=O)C2CCC3NNC(c4ccncc4)C3C2)CN1Cc1c(F)cccc1OC. The fraction of sp³-hybridized carbons (Fsp3) is 0.581. The van der Waals surface area contributed by atoms with Crippen molar-refractivity contribution in [3.05, 3.63) is 59.7 Å². The van der Waals surface area contributed by atoms with Gasteiger partial charge in [-0.3, -0.25) is 24.9 Å². The first-order valence-electron chi connectivity index (χ1n) is 15.0. The van der Waals surface area contributed by atoms with Crippen molar-refractivity contribution in [2.75, 3.05) is 26.7 Å². The number of nitrogens with zero attached hydrogens (tertiary/aromatic N) is 3. The number of amides is 2. The van der Waals surface area contributed by atoms with E-state index in [0.29, 0.717) is 55.7 Å². The van der Waals surface area contributed by atoms with Crippen LogP contribution in [0.15, 0.2) is 42.7 Å². The van der Waals surface area contributed by atoms with Crippen LogP contribution < -0.4 is 20.9 Å². The Hall–Kier alpha value is -3.08. The monoisotopic (exact) mass is 566 g/mol. The zero-order valence-electron chi connectivity index (χ0n) is 24.3. The van der Waals surface area contributed by atoms with Crippen LogP contribution in [-0.2, 0) is 16.1 Å². The van der Waals surface area contributed by atoms with Gasteiger partial charge < -0.3 is 15.0 Å². The standard InChI is InChI=1S/C31H43FN6O3/c1-4-37(5-2)31(40)27-12-10-22(18-38(27)19-24-25(32)7-6-8-28(24)41-3)34-30(39)21-9-11-26-23(17-21)29(36-35-26)20-13-15-33-16-14-20/h6-8,13-16,21-23,26-27,29,35-36H,4-5,9-12,17-19H2,1-3H3,(H,34,39)/t21?,22-,23?,26?,27+,29?/m1/s1. The molecule has 6 atom stereocenters. The van der Waals surface area contributed by atoms with E-state index >= 15 is 0 Å². The van der Waals surface area contributed by atoms with Crippen LogP contribution >= 0.6 is 0 Å². The molecule has 1 aromatic heterocycles. The van der Waals surface area contributed by atoms with Gasteiger partial charge in [-0.25, -0.2) is 9.82 Å². The largest absolute Gasteiger partial charge is 0.496 e. The van der Waals surface area contributed by atoms with Crippen LogP contribution in [-0.4, -0.2) is 71.5 Å². The number of likely N-dealkylation sites (tertiary alicyclic amines) is 1. The van der Waals surface area contributed by atoms with Crippen molar-refractivity contribution in [3.8, 4) is 5.75 Å². The molecule has 5 rings (SSSR count). The Morgan fingerprint density at radius 3 is 2.61 bits per heavy atom. The van der Waals surface area contributed by atoms with Crippen LogP contribution in [0.5, 0.6) is 5.75 Å². The van der Waals surface area contributed by atoms with Crippen LogP contribution in [0.4, 0.5) is 4.39 Å². The predicted octanol–water partition coefficient (Wildman–Crippen LogP) is 3.18. The summed E-state index contributed by atoms with van der Waals surface area (Å²) in [4.78, 5) is 35.1. The van der Waals surface area contributed by atoms with Gasteiger partial charge >= 0.3 is 0 Å². The molecule has 3 fully saturated rings. The number of rotatable bonds is 9. The number of methoxy groups -OCH3 is 1. The van der Waals surface area contributed by atoms with Gasteiger partial charge in [0.2, 0.25) is 11.8 Å². The molecule has 3 heterocycles. The molecule has 4 unspecified atom stereocenters. The van der Waals surface area contributed by atoms with Crippen molar-refractivity contribution in [1.82, 2.24) is 31.0 Å². The number of aromatic nitrogens is 1. The molecule has 3 aliphatic rings. The Balaban J connectivity index is 1.28. The minimum absolute atomic E-state index is 0.0526. The molecule has 10 heteroatoms. The zero-order valence-corrected chi connectivity index (χ0v) is 24.3. The molecular formula is C31H43FN6O3. The van der Waals surface area contributed by atoms with Crippen molar-refractivity contribution in [2.24, 2.45) is 11.8 Å². The topological polar surface area (TPSA) is 98.8 Å². The summed E-state index contributed by atoms with van der Waals surface area (Å²) in [6.07, 6.45) is 7.48. The maximum absolute atomic E-state index is 14.9. The molecular weight excluding hydrogens is 523 g/mol. The minimum Gasteiger partial charge on any atom is -0.496 e. The predicted molar refractivity (Wildman–Crippen MR) is 154 cm³/mol. The number of carbonyl (C=O) groups is 2. The summed E-state index contributed by atoms with van der Waals surface area (Å²) in [5, 5.41) is 3.32. The number of piperidine rings is 1. The number of hydrogen-bond donors (Lipinski definition) is 3. The van der Waals surface area contributed by atoms with Crippen molar-refractivity contribution in [3.63, 3.8) is 0 Å². The number of ether oxygens (including phenoxy) is 1. The lowest BCUT2D eigenvalue weighted by molar-refractivity contribution is -0.138. The van der Waals surface area contributed by atoms with Gasteiger partial charge in [0, 0.05) is 62.1 Å². The Labute approximate surface area is 242 Å². The van der Waals surface area contributed by atoms with Gasteiger partial charge in [0.1, 0.15) is 11.6 Å². The molecule has 0 spiro atoms. The summed E-state index contributed by atoms with van der Waals surface area (Å²) in [6, 6.07) is 8.84. The van der Waals surface area contributed by atoms with Gasteiger partial charge in [-0.2, -0.15) is 0 Å². The molecule has 1 aromatic carbocycles. The summed E-state index contributed by atoms with van der Waals surface area (Å²) >= 11 is 0. The summed E-state index contributed by atoms with van der Waals surface area (Å²) in [6.45, 7) is 5.90. The molecule has 2 aliphatic heterocycles. The quantitative estimate of drug-likeness (QED) is 0.429. The maximum Gasteiger partial charge on any atom is 0.239 e. The highest BCUT2D eigenvalue weighted by Gasteiger charge is 2.43. The highest BCUT2D eigenvalue weighted by atomic mass is 19.1. The van der Waals surface area contributed by atoms with E-state index in [9.17, 15) is 14.0 Å². The number of nitrogens with one attached hydrogen (secondary N) is 3. The third-order valence-electron chi connectivity index (χ3n) is 9.24. The fourth-order valence-electron chi connectivity index (χ4n) is 6.96. The third-order valence-corrected chi connectivity index (χ3v) is 9.24. The summed E-state index contributed by atoms with van der Waals surface area (Å²) in [7, 11) is 1.53. The van der Waals surface area contributed by atoms with E-state index < -0.39 is 0 Å². The van der Waals surface area contributed by atoms with Gasteiger partial charge in [0.05, 0.1) is 19.2 Å². The molecule has 1 saturated carbocycles. The molecule has 2 aromatic rings. The van der Waals surface area contributed by atoms with Crippen molar-refractivity contribution in [1.29, 1.82) is 0 Å². The molecule has 222 valence electrons. The highest BCUT2D eigenvalue weighted by Crippen LogP contribution is 2.40. The van der Waals surface area contributed by atoms with Gasteiger partial charge in [0.25, 0.3) is 0 Å². The molecule has 1 aliphatic carbocycles. The van der Waals surface area contributed by atoms with Crippen LogP contribution in [0.2, 0.25) is 0 Å². The van der Waals surface area contributed by atoms with E-state index in [2.05, 4.69) is 21.2 Å². The molecule has 2 amide bonds. The first-order chi connectivity index (χ1) is 19.9. The average molecular weight is 567 g/mol. The van der Waals surface area contributed by atoms with Gasteiger partial charge in [-0.15, -0.1) is 0 Å². The Morgan fingerprint density at radius 2 is 1.88 bits per heavy atom.